The van der Waals surface area contributed by atoms with E-state index in [9.17, 15) is 4.79 Å². The molecule has 6 nitrogen and oxygen atoms in total. The van der Waals surface area contributed by atoms with Gasteiger partial charge < -0.3 is 20.3 Å². The van der Waals surface area contributed by atoms with Crippen LogP contribution in [0, 0.1) is 5.41 Å². The predicted octanol–water partition coefficient (Wildman–Crippen LogP) is 3.19. The number of rotatable bonds is 11. The highest BCUT2D eigenvalue weighted by molar-refractivity contribution is 5.84. The summed E-state index contributed by atoms with van der Waals surface area (Å²) in [6.45, 7) is 5.69. The van der Waals surface area contributed by atoms with Gasteiger partial charge in [0.05, 0.1) is 18.6 Å². The SMILES string of the molecule is CCNC(=NCC1(C(=O)N(C)C)CCCC1)NCCCCOCc1ccccc1. The predicted molar refractivity (Wildman–Crippen MR) is 119 cm³/mol. The van der Waals surface area contributed by atoms with Crippen LogP contribution in [0.25, 0.3) is 0 Å². The van der Waals surface area contributed by atoms with E-state index >= 15 is 0 Å². The highest BCUT2D eigenvalue weighted by Crippen LogP contribution is 2.39. The van der Waals surface area contributed by atoms with E-state index in [0.29, 0.717) is 13.2 Å². The highest BCUT2D eigenvalue weighted by atomic mass is 16.5. The third-order valence-corrected chi connectivity index (χ3v) is 5.42. The van der Waals surface area contributed by atoms with Gasteiger partial charge in [-0.2, -0.15) is 0 Å². The number of nitrogens with one attached hydrogen (secondary N) is 2. The fourth-order valence-electron chi connectivity index (χ4n) is 3.84. The van der Waals surface area contributed by atoms with Crippen LogP contribution in [-0.2, 0) is 16.1 Å². The molecule has 0 spiro atoms. The van der Waals surface area contributed by atoms with Crippen molar-refractivity contribution in [3.63, 3.8) is 0 Å². The van der Waals surface area contributed by atoms with Crippen molar-refractivity contribution in [3.8, 4) is 0 Å². The first-order chi connectivity index (χ1) is 14.1. The van der Waals surface area contributed by atoms with Gasteiger partial charge >= 0.3 is 0 Å². The molecule has 0 bridgehead atoms. The average molecular weight is 403 g/mol. The highest BCUT2D eigenvalue weighted by Gasteiger charge is 2.41. The Morgan fingerprint density at radius 1 is 1.14 bits per heavy atom. The Balaban J connectivity index is 1.72. The zero-order chi connectivity index (χ0) is 21.0. The summed E-state index contributed by atoms with van der Waals surface area (Å²) in [6.07, 6.45) is 6.12. The number of amides is 1. The van der Waals surface area contributed by atoms with Gasteiger partial charge in [0.15, 0.2) is 5.96 Å². The number of carbonyl (C=O) groups is 1. The minimum absolute atomic E-state index is 0.213. The van der Waals surface area contributed by atoms with Crippen molar-refractivity contribution in [2.24, 2.45) is 10.4 Å². The first-order valence-electron chi connectivity index (χ1n) is 10.9. The van der Waals surface area contributed by atoms with Crippen LogP contribution in [0.15, 0.2) is 35.3 Å². The smallest absolute Gasteiger partial charge is 0.230 e. The molecule has 1 aliphatic carbocycles. The molecule has 1 saturated carbocycles. The van der Waals surface area contributed by atoms with Crippen LogP contribution >= 0.6 is 0 Å². The van der Waals surface area contributed by atoms with Crippen LogP contribution in [0.5, 0.6) is 0 Å². The van der Waals surface area contributed by atoms with E-state index in [2.05, 4.69) is 29.7 Å². The zero-order valence-electron chi connectivity index (χ0n) is 18.4. The summed E-state index contributed by atoms with van der Waals surface area (Å²) >= 11 is 0. The summed E-state index contributed by atoms with van der Waals surface area (Å²) in [4.78, 5) is 19.2. The Morgan fingerprint density at radius 3 is 2.52 bits per heavy atom. The van der Waals surface area contributed by atoms with Crippen molar-refractivity contribution in [3.05, 3.63) is 35.9 Å². The number of guanidine groups is 1. The monoisotopic (exact) mass is 402 g/mol. The number of hydrogen-bond acceptors (Lipinski definition) is 3. The standard InChI is InChI=1S/C23H38N4O2/c1-4-24-22(26-19-23(14-8-9-15-23)21(28)27(2)3)25-16-10-11-17-29-18-20-12-6-5-7-13-20/h5-7,12-13H,4,8-11,14-19H2,1-3H3,(H2,24,25,26). The quantitative estimate of drug-likeness (QED) is 0.339. The van der Waals surface area contributed by atoms with E-state index < -0.39 is 0 Å². The van der Waals surface area contributed by atoms with Gasteiger partial charge in [-0.3, -0.25) is 9.79 Å². The van der Waals surface area contributed by atoms with Crippen molar-refractivity contribution < 1.29 is 9.53 Å². The summed E-state index contributed by atoms with van der Waals surface area (Å²) in [6, 6.07) is 10.2. The molecule has 1 aliphatic rings. The van der Waals surface area contributed by atoms with Crippen LogP contribution in [-0.4, -0.2) is 57.1 Å². The topological polar surface area (TPSA) is 66.0 Å². The number of hydrogen-bond donors (Lipinski definition) is 2. The first-order valence-corrected chi connectivity index (χ1v) is 10.9. The summed E-state index contributed by atoms with van der Waals surface area (Å²) in [5.41, 5.74) is 0.886. The molecule has 0 unspecified atom stereocenters. The third kappa shape index (κ3) is 7.69. The normalized spacial score (nSPS) is 15.9. The van der Waals surface area contributed by atoms with Gasteiger partial charge in [-0.1, -0.05) is 43.2 Å². The number of aliphatic imine (C=N–C) groups is 1. The molecule has 0 aromatic heterocycles. The summed E-state index contributed by atoms with van der Waals surface area (Å²) in [5.74, 6) is 1.01. The molecule has 29 heavy (non-hydrogen) atoms. The fraction of sp³-hybridized carbons (Fsp3) is 0.652. The zero-order valence-corrected chi connectivity index (χ0v) is 18.4. The molecule has 1 aromatic carbocycles. The Hall–Kier alpha value is -2.08. The van der Waals surface area contributed by atoms with E-state index in [1.54, 1.807) is 4.90 Å². The largest absolute Gasteiger partial charge is 0.377 e. The van der Waals surface area contributed by atoms with E-state index in [-0.39, 0.29) is 11.3 Å². The van der Waals surface area contributed by atoms with E-state index in [1.807, 2.05) is 32.3 Å². The molecule has 2 rings (SSSR count). The van der Waals surface area contributed by atoms with Crippen molar-refractivity contribution in [2.45, 2.75) is 52.1 Å². The maximum Gasteiger partial charge on any atom is 0.230 e. The Bertz CT molecular complexity index is 625. The van der Waals surface area contributed by atoms with Crippen LogP contribution in [0.1, 0.15) is 51.0 Å². The maximum absolute atomic E-state index is 12.7. The average Bonchev–Trinajstić information content (AvgIpc) is 3.21. The van der Waals surface area contributed by atoms with E-state index in [4.69, 9.17) is 9.73 Å². The number of nitrogens with zero attached hydrogens (tertiary/aromatic N) is 2. The van der Waals surface area contributed by atoms with Gasteiger partial charge in [0.2, 0.25) is 5.91 Å². The second kappa shape index (κ2) is 12.5. The molecule has 0 radical (unpaired) electrons. The lowest BCUT2D eigenvalue weighted by Crippen LogP contribution is -2.43. The molecule has 0 atom stereocenters. The summed E-state index contributed by atoms with van der Waals surface area (Å²) in [5, 5.41) is 6.70. The molecule has 0 saturated heterocycles. The molecule has 1 amide bonds. The summed E-state index contributed by atoms with van der Waals surface area (Å²) in [7, 11) is 3.69. The van der Waals surface area contributed by atoms with E-state index in [1.165, 1.54) is 5.56 Å². The van der Waals surface area contributed by atoms with Crippen LogP contribution in [0.3, 0.4) is 0 Å². The number of carbonyl (C=O) groups excluding carboxylic acids is 1. The van der Waals surface area contributed by atoms with E-state index in [0.717, 1.165) is 64.2 Å². The Kier molecular flexibility index (Phi) is 9.98. The van der Waals surface area contributed by atoms with Gasteiger partial charge in [0.25, 0.3) is 0 Å². The minimum Gasteiger partial charge on any atom is -0.377 e. The number of unbranched alkanes of at least 4 members (excludes halogenated alkanes) is 1. The molecule has 0 heterocycles. The fourth-order valence-corrected chi connectivity index (χ4v) is 3.84. The van der Waals surface area contributed by atoms with Crippen molar-refractivity contribution in [2.75, 3.05) is 40.3 Å². The molecule has 162 valence electrons. The van der Waals surface area contributed by atoms with Crippen molar-refractivity contribution >= 4 is 11.9 Å². The lowest BCUT2D eigenvalue weighted by molar-refractivity contribution is -0.138. The molecule has 6 heteroatoms. The molecular weight excluding hydrogens is 364 g/mol. The lowest BCUT2D eigenvalue weighted by Gasteiger charge is -2.29. The Labute approximate surface area is 176 Å². The number of benzene rings is 1. The van der Waals surface area contributed by atoms with Gasteiger partial charge in [-0.25, -0.2) is 0 Å². The third-order valence-electron chi connectivity index (χ3n) is 5.42. The van der Waals surface area contributed by atoms with Crippen molar-refractivity contribution in [1.82, 2.24) is 15.5 Å². The van der Waals surface area contributed by atoms with Crippen molar-refractivity contribution in [1.29, 1.82) is 0 Å². The molecular formula is C23H38N4O2. The second-order valence-electron chi connectivity index (χ2n) is 8.05. The second-order valence-corrected chi connectivity index (χ2v) is 8.05. The van der Waals surface area contributed by atoms with Crippen LogP contribution < -0.4 is 10.6 Å². The van der Waals surface area contributed by atoms with Crippen LogP contribution in [0.4, 0.5) is 0 Å². The van der Waals surface area contributed by atoms with Gasteiger partial charge in [0, 0.05) is 33.8 Å². The van der Waals surface area contributed by atoms with Gasteiger partial charge in [0.1, 0.15) is 0 Å². The minimum atomic E-state index is -0.322. The molecule has 1 fully saturated rings. The molecule has 2 N–H and O–H groups in total. The van der Waals surface area contributed by atoms with Gasteiger partial charge in [-0.15, -0.1) is 0 Å². The van der Waals surface area contributed by atoms with Crippen LogP contribution in [0.2, 0.25) is 0 Å². The number of ether oxygens (including phenoxy) is 1. The van der Waals surface area contributed by atoms with Gasteiger partial charge in [-0.05, 0) is 38.2 Å². The summed E-state index contributed by atoms with van der Waals surface area (Å²) < 4.78 is 5.74. The molecule has 1 aromatic rings. The lowest BCUT2D eigenvalue weighted by atomic mass is 9.85. The molecule has 0 aliphatic heterocycles. The maximum atomic E-state index is 12.7. The Morgan fingerprint density at radius 2 is 1.86 bits per heavy atom. The first kappa shape index (κ1) is 23.2.